The van der Waals surface area contributed by atoms with Crippen LogP contribution in [0.15, 0.2) is 48.5 Å². The number of hydrogen-bond donors (Lipinski definition) is 2. The molecule has 0 radical (unpaired) electrons. The topological polar surface area (TPSA) is 49.7 Å². The largest absolute Gasteiger partial charge is 0.508 e. The van der Waals surface area contributed by atoms with Crippen molar-refractivity contribution in [2.75, 3.05) is 0 Å². The van der Waals surface area contributed by atoms with E-state index >= 15 is 0 Å². The van der Waals surface area contributed by atoms with Crippen LogP contribution in [-0.2, 0) is 12.8 Å². The van der Waals surface area contributed by atoms with Crippen molar-refractivity contribution < 1.29 is 14.9 Å². The molecule has 3 nitrogen and oxygen atoms in total. The summed E-state index contributed by atoms with van der Waals surface area (Å²) in [5.41, 5.74) is 2.15. The molecule has 0 spiro atoms. The van der Waals surface area contributed by atoms with Crippen LogP contribution in [0.1, 0.15) is 30.5 Å². The van der Waals surface area contributed by atoms with Gasteiger partial charge in [-0.25, -0.2) is 0 Å². The van der Waals surface area contributed by atoms with Crippen LogP contribution in [0.2, 0.25) is 0 Å². The van der Waals surface area contributed by atoms with Gasteiger partial charge in [0.25, 0.3) is 0 Å². The minimum absolute atomic E-state index is 0.234. The number of rotatable bonds is 4. The second-order valence-electron chi connectivity index (χ2n) is 6.57. The summed E-state index contributed by atoms with van der Waals surface area (Å²) >= 11 is 0. The normalized spacial score (nSPS) is 17.3. The molecule has 120 valence electrons. The van der Waals surface area contributed by atoms with E-state index in [4.69, 9.17) is 4.74 Å². The number of phenolic OH excluding ortho intramolecular Hbond substituents is 1. The molecular weight excluding hydrogens is 288 g/mol. The summed E-state index contributed by atoms with van der Waals surface area (Å²) in [6.45, 7) is 3.49. The van der Waals surface area contributed by atoms with Crippen LogP contribution in [0, 0.1) is 0 Å². The zero-order chi connectivity index (χ0) is 16.4. The second-order valence-corrected chi connectivity index (χ2v) is 6.57. The van der Waals surface area contributed by atoms with Gasteiger partial charge in [-0.05, 0) is 43.0 Å². The van der Waals surface area contributed by atoms with Crippen LogP contribution < -0.4 is 4.74 Å². The molecule has 0 aromatic heterocycles. The zero-order valence-corrected chi connectivity index (χ0v) is 13.5. The fraction of sp³-hybridized carbons (Fsp3) is 0.300. The zero-order valence-electron chi connectivity index (χ0n) is 13.5. The Kier molecular flexibility index (Phi) is 4.14. The highest BCUT2D eigenvalue weighted by atomic mass is 16.5. The van der Waals surface area contributed by atoms with Gasteiger partial charge in [-0.2, -0.15) is 0 Å². The summed E-state index contributed by atoms with van der Waals surface area (Å²) < 4.78 is 5.75. The van der Waals surface area contributed by atoms with E-state index in [0.717, 1.165) is 16.7 Å². The van der Waals surface area contributed by atoms with Gasteiger partial charge in [0, 0.05) is 12.5 Å². The van der Waals surface area contributed by atoms with Crippen molar-refractivity contribution in [2.45, 2.75) is 38.4 Å². The smallest absolute Gasteiger partial charge is 0.131 e. The number of aromatic hydroxyl groups is 1. The molecule has 0 amide bonds. The van der Waals surface area contributed by atoms with Gasteiger partial charge in [0.2, 0.25) is 0 Å². The van der Waals surface area contributed by atoms with Crippen molar-refractivity contribution in [1.82, 2.24) is 0 Å². The van der Waals surface area contributed by atoms with E-state index < -0.39 is 5.60 Å². The quantitative estimate of drug-likeness (QED) is 0.905. The molecule has 3 heteroatoms. The molecule has 2 N–H and O–H groups in total. The van der Waals surface area contributed by atoms with Crippen LogP contribution in [0.3, 0.4) is 0 Å². The van der Waals surface area contributed by atoms with Crippen LogP contribution in [0.25, 0.3) is 6.08 Å². The van der Waals surface area contributed by atoms with Crippen molar-refractivity contribution in [1.29, 1.82) is 0 Å². The van der Waals surface area contributed by atoms with Crippen molar-refractivity contribution in [3.8, 4) is 11.5 Å². The Labute approximate surface area is 136 Å². The van der Waals surface area contributed by atoms with Gasteiger partial charge in [0.1, 0.15) is 17.6 Å². The van der Waals surface area contributed by atoms with Crippen LogP contribution in [0.5, 0.6) is 11.5 Å². The highest BCUT2D eigenvalue weighted by molar-refractivity contribution is 5.52. The van der Waals surface area contributed by atoms with E-state index in [1.807, 2.05) is 48.6 Å². The molecule has 0 bridgehead atoms. The number of benzene rings is 2. The molecule has 1 aliphatic rings. The number of allylic oxidation sites excluding steroid dienone is 1. The van der Waals surface area contributed by atoms with Crippen molar-refractivity contribution in [3.63, 3.8) is 0 Å². The number of aliphatic hydroxyl groups is 1. The lowest BCUT2D eigenvalue weighted by atomic mass is 9.96. The number of phenols is 1. The molecule has 0 aliphatic carbocycles. The third-order valence-electron chi connectivity index (χ3n) is 4.17. The lowest BCUT2D eigenvalue weighted by Crippen LogP contribution is -2.39. The van der Waals surface area contributed by atoms with Gasteiger partial charge in [0.15, 0.2) is 0 Å². The monoisotopic (exact) mass is 310 g/mol. The Morgan fingerprint density at radius 1 is 1.22 bits per heavy atom. The summed E-state index contributed by atoms with van der Waals surface area (Å²) in [6.07, 6.45) is 5.13. The first kappa shape index (κ1) is 15.6. The Bertz CT molecular complexity index is 712. The summed E-state index contributed by atoms with van der Waals surface area (Å²) in [4.78, 5) is 0. The molecule has 23 heavy (non-hydrogen) atoms. The third kappa shape index (κ3) is 3.57. The minimum Gasteiger partial charge on any atom is -0.508 e. The van der Waals surface area contributed by atoms with Gasteiger partial charge in [-0.3, -0.25) is 0 Å². The van der Waals surface area contributed by atoms with E-state index in [1.165, 1.54) is 0 Å². The summed E-state index contributed by atoms with van der Waals surface area (Å²) in [7, 11) is 0. The molecular formula is C20H22O3. The molecule has 0 saturated carbocycles. The number of ether oxygens (including phenoxy) is 1. The SMILES string of the molecule is CC(C)(O)[C@@H]1Cc2cc(C/C=C/c3ccccc3)c(O)cc2O1. The average molecular weight is 310 g/mol. The predicted octanol–water partition coefficient (Wildman–Crippen LogP) is 3.72. The molecule has 0 saturated heterocycles. The number of hydrogen-bond acceptors (Lipinski definition) is 3. The summed E-state index contributed by atoms with van der Waals surface area (Å²) in [5, 5.41) is 20.3. The Morgan fingerprint density at radius 3 is 2.65 bits per heavy atom. The first-order valence-electron chi connectivity index (χ1n) is 7.89. The standard InChI is InChI=1S/C20H22O3/c1-20(2,22)19-12-16-11-15(17(21)13-18(16)23-19)10-6-9-14-7-4-3-5-8-14/h3-9,11,13,19,21-22H,10,12H2,1-2H3/b9-6+/t19-/m0/s1. The molecule has 0 fully saturated rings. The Balaban J connectivity index is 1.75. The third-order valence-corrected chi connectivity index (χ3v) is 4.17. The molecule has 0 unspecified atom stereocenters. The van der Waals surface area contributed by atoms with E-state index in [0.29, 0.717) is 18.6 Å². The van der Waals surface area contributed by atoms with E-state index in [9.17, 15) is 10.2 Å². The van der Waals surface area contributed by atoms with Crippen LogP contribution in [-0.4, -0.2) is 21.9 Å². The average Bonchev–Trinajstić information content (AvgIpc) is 2.91. The fourth-order valence-electron chi connectivity index (χ4n) is 2.77. The summed E-state index contributed by atoms with van der Waals surface area (Å²) in [5.74, 6) is 0.906. The maximum absolute atomic E-state index is 10.2. The lowest BCUT2D eigenvalue weighted by molar-refractivity contribution is -0.0230. The van der Waals surface area contributed by atoms with Gasteiger partial charge < -0.3 is 14.9 Å². The maximum atomic E-state index is 10.2. The van der Waals surface area contributed by atoms with Gasteiger partial charge in [0.05, 0.1) is 5.60 Å². The Hall–Kier alpha value is -2.26. The first-order valence-corrected chi connectivity index (χ1v) is 7.89. The minimum atomic E-state index is -0.901. The highest BCUT2D eigenvalue weighted by Crippen LogP contribution is 2.37. The van der Waals surface area contributed by atoms with Crippen LogP contribution >= 0.6 is 0 Å². The molecule has 1 heterocycles. The number of fused-ring (bicyclic) bond motifs is 1. The molecule has 2 aromatic rings. The van der Waals surface area contributed by atoms with Crippen molar-refractivity contribution >= 4 is 6.08 Å². The fourth-order valence-corrected chi connectivity index (χ4v) is 2.77. The van der Waals surface area contributed by atoms with Crippen molar-refractivity contribution in [2.24, 2.45) is 0 Å². The van der Waals surface area contributed by atoms with Crippen LogP contribution in [0.4, 0.5) is 0 Å². The van der Waals surface area contributed by atoms with Gasteiger partial charge in [-0.1, -0.05) is 42.5 Å². The van der Waals surface area contributed by atoms with E-state index in [-0.39, 0.29) is 11.9 Å². The van der Waals surface area contributed by atoms with Crippen molar-refractivity contribution in [3.05, 3.63) is 65.2 Å². The molecule has 3 rings (SSSR count). The molecule has 1 atom stereocenters. The predicted molar refractivity (Wildman–Crippen MR) is 91.7 cm³/mol. The maximum Gasteiger partial charge on any atom is 0.131 e. The van der Waals surface area contributed by atoms with Gasteiger partial charge >= 0.3 is 0 Å². The van der Waals surface area contributed by atoms with Gasteiger partial charge in [-0.15, -0.1) is 0 Å². The highest BCUT2D eigenvalue weighted by Gasteiger charge is 2.35. The molecule has 2 aromatic carbocycles. The first-order chi connectivity index (χ1) is 10.9. The Morgan fingerprint density at radius 2 is 1.96 bits per heavy atom. The lowest BCUT2D eigenvalue weighted by Gasteiger charge is -2.24. The van der Waals surface area contributed by atoms with E-state index in [2.05, 4.69) is 0 Å². The second kappa shape index (κ2) is 6.09. The molecule has 1 aliphatic heterocycles. The summed E-state index contributed by atoms with van der Waals surface area (Å²) in [6, 6.07) is 13.7. The van der Waals surface area contributed by atoms with E-state index in [1.54, 1.807) is 19.9 Å².